The van der Waals surface area contributed by atoms with E-state index >= 15 is 0 Å². The van der Waals surface area contributed by atoms with Crippen LogP contribution in [0.3, 0.4) is 0 Å². The summed E-state index contributed by atoms with van der Waals surface area (Å²) in [7, 11) is 1.98. The Morgan fingerprint density at radius 2 is 2.38 bits per heavy atom. The maximum absolute atomic E-state index is 11.5. The van der Waals surface area contributed by atoms with Crippen molar-refractivity contribution in [1.82, 2.24) is 4.90 Å². The van der Waals surface area contributed by atoms with E-state index in [0.29, 0.717) is 6.61 Å². The number of hydrogen-bond acceptors (Lipinski definition) is 3. The molecule has 0 aromatic heterocycles. The molecule has 1 aliphatic rings. The van der Waals surface area contributed by atoms with Crippen LogP contribution in [-0.4, -0.2) is 37.1 Å². The molecule has 1 heterocycles. The largest absolute Gasteiger partial charge is 0.465 e. The van der Waals surface area contributed by atoms with Crippen molar-refractivity contribution in [2.75, 3.05) is 20.2 Å². The lowest BCUT2D eigenvalue weighted by Gasteiger charge is -2.17. The van der Waals surface area contributed by atoms with E-state index in [1.54, 1.807) is 0 Å². The highest BCUT2D eigenvalue weighted by atomic mass is 16.5. The molecule has 1 fully saturated rings. The van der Waals surface area contributed by atoms with Crippen LogP contribution in [0.25, 0.3) is 0 Å². The molecule has 3 nitrogen and oxygen atoms in total. The molecule has 0 saturated carbocycles. The molecule has 0 aliphatic carbocycles. The molecule has 1 saturated heterocycles. The number of esters is 1. The Hall–Kier alpha value is -0.570. The number of rotatable bonds is 4. The Bertz CT molecular complexity index is 170. The van der Waals surface area contributed by atoms with Crippen LogP contribution in [0.5, 0.6) is 0 Å². The zero-order valence-electron chi connectivity index (χ0n) is 8.58. The van der Waals surface area contributed by atoms with E-state index in [0.717, 1.165) is 32.2 Å². The van der Waals surface area contributed by atoms with E-state index in [1.165, 1.54) is 0 Å². The van der Waals surface area contributed by atoms with Crippen LogP contribution < -0.4 is 0 Å². The molecule has 1 aliphatic heterocycles. The molecule has 1 unspecified atom stereocenters. The van der Waals surface area contributed by atoms with Crippen molar-refractivity contribution in [3.63, 3.8) is 0 Å². The van der Waals surface area contributed by atoms with Gasteiger partial charge in [-0.2, -0.15) is 0 Å². The minimum Gasteiger partial charge on any atom is -0.465 e. The van der Waals surface area contributed by atoms with Crippen molar-refractivity contribution in [3.05, 3.63) is 0 Å². The first-order valence-electron chi connectivity index (χ1n) is 5.12. The van der Waals surface area contributed by atoms with E-state index < -0.39 is 0 Å². The molecule has 76 valence electrons. The van der Waals surface area contributed by atoms with E-state index in [2.05, 4.69) is 11.8 Å². The molecule has 0 amide bonds. The average molecular weight is 185 g/mol. The van der Waals surface area contributed by atoms with Gasteiger partial charge in [0.2, 0.25) is 0 Å². The average Bonchev–Trinajstić information content (AvgIpc) is 2.52. The minimum absolute atomic E-state index is 0.0249. The molecule has 3 heteroatoms. The van der Waals surface area contributed by atoms with Crippen molar-refractivity contribution in [2.24, 2.45) is 0 Å². The molecule has 0 aromatic rings. The van der Waals surface area contributed by atoms with Crippen LogP contribution in [0.2, 0.25) is 0 Å². The molecule has 1 rings (SSSR count). The molecule has 0 N–H and O–H groups in total. The smallest absolute Gasteiger partial charge is 0.323 e. The van der Waals surface area contributed by atoms with Gasteiger partial charge in [0.05, 0.1) is 6.61 Å². The fourth-order valence-corrected chi connectivity index (χ4v) is 1.62. The Morgan fingerprint density at radius 1 is 1.62 bits per heavy atom. The summed E-state index contributed by atoms with van der Waals surface area (Å²) in [5.74, 6) is -0.0338. The first-order chi connectivity index (χ1) is 6.25. The fourth-order valence-electron chi connectivity index (χ4n) is 1.62. The quantitative estimate of drug-likeness (QED) is 0.490. The van der Waals surface area contributed by atoms with Gasteiger partial charge in [-0.05, 0) is 32.9 Å². The second-order valence-corrected chi connectivity index (χ2v) is 3.66. The summed E-state index contributed by atoms with van der Waals surface area (Å²) in [5.41, 5.74) is 0. The third kappa shape index (κ3) is 2.99. The number of likely N-dealkylation sites (N-methyl/N-ethyl adjacent to an activating group) is 1. The number of nitrogens with zero attached hydrogens (tertiary/aromatic N) is 1. The van der Waals surface area contributed by atoms with E-state index in [4.69, 9.17) is 4.74 Å². The number of ether oxygens (including phenoxy) is 1. The lowest BCUT2D eigenvalue weighted by atomic mass is 10.2. The van der Waals surface area contributed by atoms with Crippen molar-refractivity contribution in [3.8, 4) is 0 Å². The Labute approximate surface area is 80.1 Å². The fraction of sp³-hybridized carbons (Fsp3) is 0.900. The lowest BCUT2D eigenvalue weighted by Crippen LogP contribution is -2.34. The normalized spacial score (nSPS) is 23.4. The predicted octanol–water partition coefficient (Wildman–Crippen LogP) is 1.42. The van der Waals surface area contributed by atoms with Crippen molar-refractivity contribution in [2.45, 2.75) is 38.6 Å². The van der Waals surface area contributed by atoms with E-state index in [-0.39, 0.29) is 12.0 Å². The van der Waals surface area contributed by atoms with Gasteiger partial charge in [-0.25, -0.2) is 0 Å². The van der Waals surface area contributed by atoms with Crippen LogP contribution in [0, 0.1) is 0 Å². The zero-order valence-corrected chi connectivity index (χ0v) is 8.58. The number of hydrogen-bond donors (Lipinski definition) is 0. The molecule has 0 radical (unpaired) electrons. The summed E-state index contributed by atoms with van der Waals surface area (Å²) in [5, 5.41) is 0. The standard InChI is InChI=1S/C10H19NO2/c1-3-4-8-13-10(12)9-6-5-7-11(9)2/h9H,3-8H2,1-2H3. The zero-order chi connectivity index (χ0) is 9.68. The van der Waals surface area contributed by atoms with Crippen molar-refractivity contribution >= 4 is 5.97 Å². The third-order valence-corrected chi connectivity index (χ3v) is 2.53. The summed E-state index contributed by atoms with van der Waals surface area (Å²) < 4.78 is 5.16. The molecule has 1 atom stereocenters. The summed E-state index contributed by atoms with van der Waals surface area (Å²) in [4.78, 5) is 13.5. The molecular weight excluding hydrogens is 166 g/mol. The maximum atomic E-state index is 11.5. The molecule has 0 spiro atoms. The van der Waals surface area contributed by atoms with Gasteiger partial charge < -0.3 is 4.74 Å². The maximum Gasteiger partial charge on any atom is 0.323 e. The van der Waals surface area contributed by atoms with Gasteiger partial charge in [0, 0.05) is 0 Å². The predicted molar refractivity (Wildman–Crippen MR) is 51.5 cm³/mol. The molecule has 0 aromatic carbocycles. The second-order valence-electron chi connectivity index (χ2n) is 3.66. The monoisotopic (exact) mass is 185 g/mol. The highest BCUT2D eigenvalue weighted by Gasteiger charge is 2.28. The summed E-state index contributed by atoms with van der Waals surface area (Å²) in [6, 6.07) is 0.0249. The first kappa shape index (κ1) is 10.5. The van der Waals surface area contributed by atoms with Crippen molar-refractivity contribution in [1.29, 1.82) is 0 Å². The second kappa shape index (κ2) is 5.22. The minimum atomic E-state index is -0.0338. The summed E-state index contributed by atoms with van der Waals surface area (Å²) >= 11 is 0. The number of carbonyl (C=O) groups excluding carboxylic acids is 1. The van der Waals surface area contributed by atoms with Gasteiger partial charge in [0.25, 0.3) is 0 Å². The van der Waals surface area contributed by atoms with Gasteiger partial charge >= 0.3 is 5.97 Å². The van der Waals surface area contributed by atoms with Crippen LogP contribution in [0.4, 0.5) is 0 Å². The SMILES string of the molecule is CCCCOC(=O)C1CCCN1C. The molecular formula is C10H19NO2. The Morgan fingerprint density at radius 3 is 2.92 bits per heavy atom. The van der Waals surface area contributed by atoms with E-state index in [1.807, 2.05) is 7.05 Å². The lowest BCUT2D eigenvalue weighted by molar-refractivity contribution is -0.148. The number of likely N-dealkylation sites (tertiary alicyclic amines) is 1. The van der Waals surface area contributed by atoms with Gasteiger partial charge in [-0.1, -0.05) is 13.3 Å². The summed E-state index contributed by atoms with van der Waals surface area (Å²) in [6.07, 6.45) is 4.13. The molecule has 13 heavy (non-hydrogen) atoms. The highest BCUT2D eigenvalue weighted by Crippen LogP contribution is 2.15. The topological polar surface area (TPSA) is 29.5 Å². The van der Waals surface area contributed by atoms with Crippen molar-refractivity contribution < 1.29 is 9.53 Å². The number of carbonyl (C=O) groups is 1. The first-order valence-corrected chi connectivity index (χ1v) is 5.12. The Balaban J connectivity index is 2.22. The van der Waals surface area contributed by atoms with Crippen LogP contribution in [-0.2, 0) is 9.53 Å². The number of unbranched alkanes of at least 4 members (excludes halogenated alkanes) is 1. The Kier molecular flexibility index (Phi) is 4.22. The van der Waals surface area contributed by atoms with Crippen LogP contribution >= 0.6 is 0 Å². The van der Waals surface area contributed by atoms with E-state index in [9.17, 15) is 4.79 Å². The van der Waals surface area contributed by atoms with Gasteiger partial charge in [-0.3, -0.25) is 9.69 Å². The third-order valence-electron chi connectivity index (χ3n) is 2.53. The van der Waals surface area contributed by atoms with Gasteiger partial charge in [0.15, 0.2) is 0 Å². The van der Waals surface area contributed by atoms with Crippen LogP contribution in [0.1, 0.15) is 32.6 Å². The van der Waals surface area contributed by atoms with Crippen LogP contribution in [0.15, 0.2) is 0 Å². The van der Waals surface area contributed by atoms with Gasteiger partial charge in [0.1, 0.15) is 6.04 Å². The summed E-state index contributed by atoms with van der Waals surface area (Å²) in [6.45, 7) is 3.70. The van der Waals surface area contributed by atoms with Gasteiger partial charge in [-0.15, -0.1) is 0 Å². The molecule has 0 bridgehead atoms. The highest BCUT2D eigenvalue weighted by molar-refractivity contribution is 5.76.